The summed E-state index contributed by atoms with van der Waals surface area (Å²) in [6.07, 6.45) is 3.99. The fourth-order valence-corrected chi connectivity index (χ4v) is 2.07. The molecule has 0 aliphatic rings. The maximum Gasteiger partial charge on any atom is 0.194 e. The highest BCUT2D eigenvalue weighted by molar-refractivity contribution is 5.30. The van der Waals surface area contributed by atoms with E-state index in [1.165, 1.54) is 6.07 Å². The van der Waals surface area contributed by atoms with Crippen LogP contribution >= 0.6 is 0 Å². The second-order valence-corrected chi connectivity index (χ2v) is 4.58. The summed E-state index contributed by atoms with van der Waals surface area (Å²) in [5.41, 5.74) is 0.754. The molecular formula is C14H16F3N3. The van der Waals surface area contributed by atoms with Crippen molar-refractivity contribution in [2.75, 3.05) is 6.54 Å². The lowest BCUT2D eigenvalue weighted by Gasteiger charge is -2.20. The molecule has 0 saturated heterocycles. The molecule has 0 spiro atoms. The molecule has 2 rings (SSSR count). The molecule has 0 radical (unpaired) electrons. The Labute approximate surface area is 115 Å². The summed E-state index contributed by atoms with van der Waals surface area (Å²) >= 11 is 0. The van der Waals surface area contributed by atoms with Gasteiger partial charge in [-0.1, -0.05) is 13.0 Å². The number of hydrogen-bond donors (Lipinski definition) is 1. The van der Waals surface area contributed by atoms with E-state index in [2.05, 4.69) is 10.3 Å². The van der Waals surface area contributed by atoms with E-state index >= 15 is 0 Å². The highest BCUT2D eigenvalue weighted by atomic mass is 19.2. The van der Waals surface area contributed by atoms with Gasteiger partial charge in [0.25, 0.3) is 0 Å². The number of rotatable bonds is 5. The van der Waals surface area contributed by atoms with Gasteiger partial charge in [0.1, 0.15) is 0 Å². The molecule has 1 aromatic carbocycles. The summed E-state index contributed by atoms with van der Waals surface area (Å²) in [4.78, 5) is 3.98. The van der Waals surface area contributed by atoms with Crippen molar-refractivity contribution in [1.29, 1.82) is 0 Å². The molecule has 108 valence electrons. The van der Waals surface area contributed by atoms with Gasteiger partial charge >= 0.3 is 0 Å². The maximum absolute atomic E-state index is 14.0. The first-order valence-corrected chi connectivity index (χ1v) is 6.39. The van der Waals surface area contributed by atoms with Crippen LogP contribution in [0, 0.1) is 17.5 Å². The average molecular weight is 283 g/mol. The Morgan fingerprint density at radius 2 is 2.00 bits per heavy atom. The molecule has 2 aromatic rings. The summed E-state index contributed by atoms with van der Waals surface area (Å²) in [5, 5.41) is 3.13. The van der Waals surface area contributed by atoms with Crippen LogP contribution in [0.1, 0.15) is 30.6 Å². The zero-order valence-corrected chi connectivity index (χ0v) is 11.3. The van der Waals surface area contributed by atoms with Crippen LogP contribution in [0.4, 0.5) is 13.2 Å². The van der Waals surface area contributed by atoms with Gasteiger partial charge in [-0.3, -0.25) is 0 Å². The van der Waals surface area contributed by atoms with Crippen molar-refractivity contribution >= 4 is 0 Å². The second-order valence-electron chi connectivity index (χ2n) is 4.58. The van der Waals surface area contributed by atoms with Crippen LogP contribution in [-0.2, 0) is 7.05 Å². The summed E-state index contributed by atoms with van der Waals surface area (Å²) in [5.74, 6) is -3.81. The molecule has 1 aromatic heterocycles. The minimum absolute atomic E-state index is 0.0703. The summed E-state index contributed by atoms with van der Waals surface area (Å²) in [7, 11) is 1.76. The Morgan fingerprint density at radius 1 is 1.25 bits per heavy atom. The predicted molar refractivity (Wildman–Crippen MR) is 69.7 cm³/mol. The number of hydrogen-bond acceptors (Lipinski definition) is 2. The molecule has 0 fully saturated rings. The van der Waals surface area contributed by atoms with Crippen molar-refractivity contribution in [3.05, 3.63) is 53.4 Å². The number of nitrogens with zero attached hydrogens (tertiary/aromatic N) is 2. The molecule has 0 amide bonds. The smallest absolute Gasteiger partial charge is 0.194 e. The molecule has 1 unspecified atom stereocenters. The zero-order chi connectivity index (χ0) is 14.7. The largest absolute Gasteiger partial charge is 0.336 e. The Hall–Kier alpha value is -1.82. The lowest BCUT2D eigenvalue weighted by molar-refractivity contribution is 0.430. The molecule has 20 heavy (non-hydrogen) atoms. The van der Waals surface area contributed by atoms with Crippen molar-refractivity contribution in [3.8, 4) is 0 Å². The standard InChI is InChI=1S/C14H16F3N3/c1-3-6-19-14(11-7-18-8-20(11)2)9-4-5-10(15)13(17)12(9)16/h4-5,7-8,14,19H,3,6H2,1-2H3. The van der Waals surface area contributed by atoms with Gasteiger partial charge in [0, 0.05) is 12.6 Å². The minimum Gasteiger partial charge on any atom is -0.336 e. The van der Waals surface area contributed by atoms with Crippen LogP contribution in [0.3, 0.4) is 0 Å². The third-order valence-electron chi connectivity index (χ3n) is 3.12. The van der Waals surface area contributed by atoms with Gasteiger partial charge in [0.05, 0.1) is 24.3 Å². The van der Waals surface area contributed by atoms with E-state index in [1.807, 2.05) is 6.92 Å². The van der Waals surface area contributed by atoms with Gasteiger partial charge in [-0.15, -0.1) is 0 Å². The van der Waals surface area contributed by atoms with E-state index in [0.29, 0.717) is 12.2 Å². The first-order chi connectivity index (χ1) is 9.56. The maximum atomic E-state index is 14.0. The molecule has 1 N–H and O–H groups in total. The summed E-state index contributed by atoms with van der Waals surface area (Å²) < 4.78 is 42.2. The van der Waals surface area contributed by atoms with Crippen LogP contribution in [0.15, 0.2) is 24.7 Å². The average Bonchev–Trinajstić information content (AvgIpc) is 2.85. The molecule has 0 saturated carbocycles. The predicted octanol–water partition coefficient (Wildman–Crippen LogP) is 2.93. The molecule has 0 bridgehead atoms. The van der Waals surface area contributed by atoms with Crippen molar-refractivity contribution in [2.24, 2.45) is 7.05 Å². The van der Waals surface area contributed by atoms with E-state index in [9.17, 15) is 13.2 Å². The van der Waals surface area contributed by atoms with E-state index in [4.69, 9.17) is 0 Å². The van der Waals surface area contributed by atoms with Gasteiger partial charge in [0.2, 0.25) is 0 Å². The van der Waals surface area contributed by atoms with Crippen molar-refractivity contribution in [2.45, 2.75) is 19.4 Å². The Balaban J connectivity index is 2.47. The van der Waals surface area contributed by atoms with Gasteiger partial charge in [-0.25, -0.2) is 18.2 Å². The zero-order valence-electron chi connectivity index (χ0n) is 11.3. The minimum atomic E-state index is -1.45. The number of benzene rings is 1. The second kappa shape index (κ2) is 6.09. The first kappa shape index (κ1) is 14.6. The SMILES string of the molecule is CCCNC(c1ccc(F)c(F)c1F)c1cncn1C. The number of halogens is 3. The Bertz CT molecular complexity index is 595. The molecule has 1 atom stereocenters. The van der Waals surface area contributed by atoms with Crippen molar-refractivity contribution in [1.82, 2.24) is 14.9 Å². The Morgan fingerprint density at radius 3 is 2.60 bits per heavy atom. The monoisotopic (exact) mass is 283 g/mol. The third-order valence-corrected chi connectivity index (χ3v) is 3.12. The van der Waals surface area contributed by atoms with Gasteiger partial charge in [-0.05, 0) is 19.0 Å². The topological polar surface area (TPSA) is 29.9 Å². The number of nitrogens with one attached hydrogen (secondary N) is 1. The van der Waals surface area contributed by atoms with Crippen LogP contribution in [0.5, 0.6) is 0 Å². The number of imidazole rings is 1. The van der Waals surface area contributed by atoms with Crippen LogP contribution < -0.4 is 5.32 Å². The molecule has 0 aliphatic heterocycles. The summed E-state index contributed by atoms with van der Waals surface area (Å²) in [6, 6.07) is 1.62. The lowest BCUT2D eigenvalue weighted by atomic mass is 10.0. The fraction of sp³-hybridized carbons (Fsp3) is 0.357. The molecule has 1 heterocycles. The fourth-order valence-electron chi connectivity index (χ4n) is 2.07. The van der Waals surface area contributed by atoms with Crippen LogP contribution in [-0.4, -0.2) is 16.1 Å². The van der Waals surface area contributed by atoms with Gasteiger partial charge in [0.15, 0.2) is 17.5 Å². The molecule has 3 nitrogen and oxygen atoms in total. The van der Waals surface area contributed by atoms with Crippen LogP contribution in [0.2, 0.25) is 0 Å². The molecular weight excluding hydrogens is 267 g/mol. The highest BCUT2D eigenvalue weighted by Crippen LogP contribution is 2.26. The Kier molecular flexibility index (Phi) is 4.44. The van der Waals surface area contributed by atoms with Crippen LogP contribution in [0.25, 0.3) is 0 Å². The quantitative estimate of drug-likeness (QED) is 0.855. The van der Waals surface area contributed by atoms with E-state index in [0.717, 1.165) is 12.5 Å². The molecule has 0 aliphatic carbocycles. The third kappa shape index (κ3) is 2.70. The normalized spacial score (nSPS) is 12.7. The molecule has 6 heteroatoms. The number of aromatic nitrogens is 2. The number of aryl methyl sites for hydroxylation is 1. The van der Waals surface area contributed by atoms with E-state index < -0.39 is 23.5 Å². The van der Waals surface area contributed by atoms with Crippen molar-refractivity contribution in [3.63, 3.8) is 0 Å². The van der Waals surface area contributed by atoms with Crippen molar-refractivity contribution < 1.29 is 13.2 Å². The van der Waals surface area contributed by atoms with Gasteiger partial charge in [-0.2, -0.15) is 0 Å². The first-order valence-electron chi connectivity index (χ1n) is 6.39. The lowest BCUT2D eigenvalue weighted by Crippen LogP contribution is -2.26. The van der Waals surface area contributed by atoms with E-state index in [-0.39, 0.29) is 5.56 Å². The summed E-state index contributed by atoms with van der Waals surface area (Å²) in [6.45, 7) is 2.59. The highest BCUT2D eigenvalue weighted by Gasteiger charge is 2.23. The van der Waals surface area contributed by atoms with E-state index in [1.54, 1.807) is 24.1 Å². The van der Waals surface area contributed by atoms with Gasteiger partial charge < -0.3 is 9.88 Å².